The number of rotatable bonds is 10. The van der Waals surface area contributed by atoms with Crippen LogP contribution in [0.15, 0.2) is 42.5 Å². The summed E-state index contributed by atoms with van der Waals surface area (Å²) in [5.41, 5.74) is 0.872. The molecule has 1 N–H and O–H groups in total. The van der Waals surface area contributed by atoms with Crippen LogP contribution >= 0.6 is 11.6 Å². The average molecular weight is 475 g/mol. The van der Waals surface area contributed by atoms with Crippen molar-refractivity contribution in [3.63, 3.8) is 0 Å². The number of methoxy groups -OCH3 is 2. The number of benzene rings is 2. The van der Waals surface area contributed by atoms with Gasteiger partial charge in [0.25, 0.3) is 5.91 Å². The van der Waals surface area contributed by atoms with Gasteiger partial charge < -0.3 is 24.4 Å². The minimum absolute atomic E-state index is 0.160. The van der Waals surface area contributed by atoms with Gasteiger partial charge in [-0.3, -0.25) is 9.59 Å². The summed E-state index contributed by atoms with van der Waals surface area (Å²) in [7, 11) is 3.09. The van der Waals surface area contributed by atoms with E-state index in [2.05, 4.69) is 5.32 Å². The third kappa shape index (κ3) is 7.02. The number of hydrogen-bond donors (Lipinski definition) is 1. The molecule has 8 heteroatoms. The van der Waals surface area contributed by atoms with Crippen LogP contribution in [0.1, 0.15) is 38.2 Å². The van der Waals surface area contributed by atoms with Crippen molar-refractivity contribution in [3.8, 4) is 17.2 Å². The Labute approximate surface area is 200 Å². The standard InChI is InChI=1S/C25H31ClN2O5/c1-17(25(30)27-20-6-4-5-7-20)28(15-18-8-10-19(26)11-9-18)24(29)16-33-23-13-21(31-2)12-22(14-23)32-3/h8-14,17,20H,4-7,15-16H2,1-3H3,(H,27,30)/t17-/m0/s1. The van der Waals surface area contributed by atoms with Crippen LogP contribution in [-0.2, 0) is 16.1 Å². The second-order valence-electron chi connectivity index (χ2n) is 8.15. The highest BCUT2D eigenvalue weighted by Gasteiger charge is 2.28. The molecule has 0 spiro atoms. The Morgan fingerprint density at radius 3 is 2.18 bits per heavy atom. The van der Waals surface area contributed by atoms with E-state index < -0.39 is 6.04 Å². The van der Waals surface area contributed by atoms with Gasteiger partial charge in [0.2, 0.25) is 5.91 Å². The first-order valence-corrected chi connectivity index (χ1v) is 11.5. The summed E-state index contributed by atoms with van der Waals surface area (Å²) in [5.74, 6) is 1.08. The quantitative estimate of drug-likeness (QED) is 0.558. The average Bonchev–Trinajstić information content (AvgIpc) is 3.34. The van der Waals surface area contributed by atoms with Crippen LogP contribution in [0.4, 0.5) is 0 Å². The molecule has 0 radical (unpaired) electrons. The lowest BCUT2D eigenvalue weighted by atomic mass is 10.1. The Hall–Kier alpha value is -2.93. The van der Waals surface area contributed by atoms with Gasteiger partial charge in [0.05, 0.1) is 14.2 Å². The number of amides is 2. The lowest BCUT2D eigenvalue weighted by molar-refractivity contribution is -0.142. The maximum Gasteiger partial charge on any atom is 0.261 e. The van der Waals surface area contributed by atoms with E-state index in [1.54, 1.807) is 51.5 Å². The highest BCUT2D eigenvalue weighted by atomic mass is 35.5. The molecule has 0 saturated heterocycles. The van der Waals surface area contributed by atoms with Gasteiger partial charge in [-0.1, -0.05) is 36.6 Å². The molecule has 2 aromatic carbocycles. The molecule has 1 saturated carbocycles. The number of carbonyl (C=O) groups is 2. The first-order chi connectivity index (χ1) is 15.9. The zero-order valence-electron chi connectivity index (χ0n) is 19.3. The van der Waals surface area contributed by atoms with Crippen LogP contribution in [0.5, 0.6) is 17.2 Å². The van der Waals surface area contributed by atoms with E-state index in [0.717, 1.165) is 31.2 Å². The van der Waals surface area contributed by atoms with Gasteiger partial charge in [-0.25, -0.2) is 0 Å². The molecule has 1 aliphatic rings. The topological polar surface area (TPSA) is 77.1 Å². The predicted molar refractivity (Wildman–Crippen MR) is 127 cm³/mol. The van der Waals surface area contributed by atoms with Crippen molar-refractivity contribution in [1.82, 2.24) is 10.2 Å². The van der Waals surface area contributed by atoms with Crippen molar-refractivity contribution in [2.24, 2.45) is 0 Å². The van der Waals surface area contributed by atoms with Crippen LogP contribution in [0.25, 0.3) is 0 Å². The molecular formula is C25H31ClN2O5. The van der Waals surface area contributed by atoms with Crippen molar-refractivity contribution in [1.29, 1.82) is 0 Å². The summed E-state index contributed by atoms with van der Waals surface area (Å²) >= 11 is 6.00. The number of ether oxygens (including phenoxy) is 3. The molecule has 178 valence electrons. The molecule has 0 bridgehead atoms. The van der Waals surface area contributed by atoms with Crippen LogP contribution < -0.4 is 19.5 Å². The van der Waals surface area contributed by atoms with Gasteiger partial charge in [-0.05, 0) is 37.5 Å². The molecular weight excluding hydrogens is 444 g/mol. The zero-order valence-corrected chi connectivity index (χ0v) is 20.1. The van der Waals surface area contributed by atoms with E-state index in [-0.39, 0.29) is 31.0 Å². The molecule has 0 heterocycles. The second-order valence-corrected chi connectivity index (χ2v) is 8.59. The number of nitrogens with one attached hydrogen (secondary N) is 1. The van der Waals surface area contributed by atoms with Gasteiger partial charge in [0, 0.05) is 35.8 Å². The number of halogens is 1. The largest absolute Gasteiger partial charge is 0.496 e. The molecule has 0 aromatic heterocycles. The fourth-order valence-electron chi connectivity index (χ4n) is 3.85. The maximum atomic E-state index is 13.2. The van der Waals surface area contributed by atoms with Crippen molar-refractivity contribution in [3.05, 3.63) is 53.1 Å². The lowest BCUT2D eigenvalue weighted by Gasteiger charge is -2.29. The van der Waals surface area contributed by atoms with Crippen molar-refractivity contribution in [2.75, 3.05) is 20.8 Å². The van der Waals surface area contributed by atoms with E-state index in [9.17, 15) is 9.59 Å². The summed E-state index contributed by atoms with van der Waals surface area (Å²) in [6.45, 7) is 1.78. The SMILES string of the molecule is COc1cc(OC)cc(OCC(=O)N(Cc2ccc(Cl)cc2)[C@@H](C)C(=O)NC2CCCC2)c1. The second kappa shape index (κ2) is 11.8. The van der Waals surface area contributed by atoms with E-state index >= 15 is 0 Å². The van der Waals surface area contributed by atoms with Crippen LogP contribution in [0, 0.1) is 0 Å². The molecule has 0 unspecified atom stereocenters. The number of hydrogen-bond acceptors (Lipinski definition) is 5. The molecule has 2 aromatic rings. The van der Waals surface area contributed by atoms with Crippen molar-refractivity contribution < 1.29 is 23.8 Å². The fourth-order valence-corrected chi connectivity index (χ4v) is 3.98. The molecule has 1 aliphatic carbocycles. The highest BCUT2D eigenvalue weighted by molar-refractivity contribution is 6.30. The molecule has 0 aliphatic heterocycles. The minimum Gasteiger partial charge on any atom is -0.496 e. The maximum absolute atomic E-state index is 13.2. The van der Waals surface area contributed by atoms with Crippen LogP contribution in [0.2, 0.25) is 5.02 Å². The van der Waals surface area contributed by atoms with Gasteiger partial charge in [-0.15, -0.1) is 0 Å². The molecule has 2 amide bonds. The minimum atomic E-state index is -0.655. The van der Waals surface area contributed by atoms with Crippen molar-refractivity contribution in [2.45, 2.75) is 51.2 Å². The van der Waals surface area contributed by atoms with E-state index in [4.69, 9.17) is 25.8 Å². The molecule has 7 nitrogen and oxygen atoms in total. The Balaban J connectivity index is 1.73. The summed E-state index contributed by atoms with van der Waals surface area (Å²) < 4.78 is 16.3. The van der Waals surface area contributed by atoms with Gasteiger partial charge in [0.1, 0.15) is 23.3 Å². The fraction of sp³-hybridized carbons (Fsp3) is 0.440. The smallest absolute Gasteiger partial charge is 0.261 e. The Kier molecular flexibility index (Phi) is 8.83. The number of carbonyl (C=O) groups excluding carboxylic acids is 2. The van der Waals surface area contributed by atoms with Crippen LogP contribution in [-0.4, -0.2) is 49.6 Å². The molecule has 1 fully saturated rings. The summed E-state index contributed by atoms with van der Waals surface area (Å²) in [4.78, 5) is 27.7. The first kappa shape index (κ1) is 24.7. The predicted octanol–water partition coefficient (Wildman–Crippen LogP) is 4.21. The molecule has 33 heavy (non-hydrogen) atoms. The Morgan fingerprint density at radius 2 is 1.61 bits per heavy atom. The third-order valence-corrected chi connectivity index (χ3v) is 6.07. The lowest BCUT2D eigenvalue weighted by Crippen LogP contribution is -2.50. The Bertz CT molecular complexity index is 922. The Morgan fingerprint density at radius 1 is 1.03 bits per heavy atom. The van der Waals surface area contributed by atoms with Gasteiger partial charge in [-0.2, -0.15) is 0 Å². The monoisotopic (exact) mass is 474 g/mol. The molecule has 1 atom stereocenters. The van der Waals surface area contributed by atoms with Crippen molar-refractivity contribution >= 4 is 23.4 Å². The van der Waals surface area contributed by atoms with E-state index in [1.807, 2.05) is 12.1 Å². The van der Waals surface area contributed by atoms with E-state index in [1.165, 1.54) is 4.90 Å². The zero-order chi connectivity index (χ0) is 23.8. The van der Waals surface area contributed by atoms with Crippen LogP contribution in [0.3, 0.4) is 0 Å². The first-order valence-electron chi connectivity index (χ1n) is 11.1. The summed E-state index contributed by atoms with van der Waals surface area (Å²) in [5, 5.41) is 3.70. The molecule has 3 rings (SSSR count). The third-order valence-electron chi connectivity index (χ3n) is 5.82. The highest BCUT2D eigenvalue weighted by Crippen LogP contribution is 2.27. The summed E-state index contributed by atoms with van der Waals surface area (Å²) in [6, 6.07) is 11.8. The number of nitrogens with zero attached hydrogens (tertiary/aromatic N) is 1. The van der Waals surface area contributed by atoms with Gasteiger partial charge >= 0.3 is 0 Å². The normalized spacial score (nSPS) is 14.4. The van der Waals surface area contributed by atoms with Gasteiger partial charge in [0.15, 0.2) is 6.61 Å². The summed E-state index contributed by atoms with van der Waals surface area (Å²) in [6.07, 6.45) is 4.18. The van der Waals surface area contributed by atoms with E-state index in [0.29, 0.717) is 22.3 Å².